The molecule has 2 heterocycles. The third-order valence-electron chi connectivity index (χ3n) is 2.94. The Hall–Kier alpha value is -1.29. The van der Waals surface area contributed by atoms with Gasteiger partial charge in [0.1, 0.15) is 5.76 Å². The van der Waals surface area contributed by atoms with Crippen LogP contribution in [0.3, 0.4) is 0 Å². The highest BCUT2D eigenvalue weighted by Gasteiger charge is 2.20. The van der Waals surface area contributed by atoms with Crippen molar-refractivity contribution in [1.29, 1.82) is 0 Å². The second-order valence-corrected chi connectivity index (χ2v) is 4.30. The smallest absolute Gasteiger partial charge is 0.221 e. The quantitative estimate of drug-likeness (QED) is 0.816. The first-order valence-corrected chi connectivity index (χ1v) is 5.82. The Morgan fingerprint density at radius 2 is 2.50 bits per heavy atom. The van der Waals surface area contributed by atoms with Gasteiger partial charge in [0.15, 0.2) is 0 Å². The standard InChI is InChI=1S/C12H18N2O2/c1-9(11-5-3-7-16-11)14-10-4-2-6-13-12(15)8-10/h3,5,7,9-10,14H,2,4,6,8H2,1H3,(H,13,15). The van der Waals surface area contributed by atoms with E-state index in [2.05, 4.69) is 17.6 Å². The summed E-state index contributed by atoms with van der Waals surface area (Å²) in [4.78, 5) is 11.4. The van der Waals surface area contributed by atoms with E-state index in [-0.39, 0.29) is 18.0 Å². The van der Waals surface area contributed by atoms with Gasteiger partial charge in [0.25, 0.3) is 0 Å². The van der Waals surface area contributed by atoms with E-state index in [1.165, 1.54) is 0 Å². The molecule has 1 aliphatic rings. The lowest BCUT2D eigenvalue weighted by Gasteiger charge is -2.19. The zero-order chi connectivity index (χ0) is 11.4. The molecule has 4 nitrogen and oxygen atoms in total. The molecule has 0 aromatic carbocycles. The summed E-state index contributed by atoms with van der Waals surface area (Å²) < 4.78 is 5.33. The van der Waals surface area contributed by atoms with E-state index in [0.29, 0.717) is 6.42 Å². The van der Waals surface area contributed by atoms with Crippen molar-refractivity contribution in [1.82, 2.24) is 10.6 Å². The number of nitrogens with one attached hydrogen (secondary N) is 2. The molecule has 4 heteroatoms. The normalized spacial score (nSPS) is 23.6. The van der Waals surface area contributed by atoms with Crippen molar-refractivity contribution in [2.24, 2.45) is 0 Å². The van der Waals surface area contributed by atoms with Gasteiger partial charge in [-0.2, -0.15) is 0 Å². The zero-order valence-electron chi connectivity index (χ0n) is 9.53. The molecular weight excluding hydrogens is 204 g/mol. The molecular formula is C12H18N2O2. The van der Waals surface area contributed by atoms with Gasteiger partial charge >= 0.3 is 0 Å². The van der Waals surface area contributed by atoms with Gasteiger partial charge in [-0.15, -0.1) is 0 Å². The van der Waals surface area contributed by atoms with Gasteiger partial charge in [0.05, 0.1) is 12.3 Å². The highest BCUT2D eigenvalue weighted by atomic mass is 16.3. The maximum Gasteiger partial charge on any atom is 0.221 e. The van der Waals surface area contributed by atoms with Crippen LogP contribution in [0.5, 0.6) is 0 Å². The predicted octanol–water partition coefficient (Wildman–Crippen LogP) is 1.60. The second kappa shape index (κ2) is 5.16. The molecule has 1 aromatic heterocycles. The minimum atomic E-state index is 0.140. The Morgan fingerprint density at radius 3 is 3.25 bits per heavy atom. The maximum absolute atomic E-state index is 11.4. The lowest BCUT2D eigenvalue weighted by molar-refractivity contribution is -0.121. The average Bonchev–Trinajstić information content (AvgIpc) is 2.70. The Labute approximate surface area is 95.4 Å². The molecule has 1 aromatic rings. The van der Waals surface area contributed by atoms with Crippen LogP contribution in [-0.2, 0) is 4.79 Å². The van der Waals surface area contributed by atoms with Gasteiger partial charge < -0.3 is 15.1 Å². The lowest BCUT2D eigenvalue weighted by Crippen LogP contribution is -2.34. The van der Waals surface area contributed by atoms with Crippen LogP contribution in [-0.4, -0.2) is 18.5 Å². The number of furan rings is 1. The van der Waals surface area contributed by atoms with Crippen molar-refractivity contribution in [3.05, 3.63) is 24.2 Å². The van der Waals surface area contributed by atoms with Crippen LogP contribution < -0.4 is 10.6 Å². The summed E-state index contributed by atoms with van der Waals surface area (Å²) in [6.45, 7) is 2.85. The largest absolute Gasteiger partial charge is 0.468 e. The summed E-state index contributed by atoms with van der Waals surface area (Å²) >= 11 is 0. The van der Waals surface area contributed by atoms with E-state index in [1.807, 2.05) is 12.1 Å². The molecule has 0 aliphatic carbocycles. The van der Waals surface area contributed by atoms with Gasteiger partial charge in [-0.05, 0) is 31.9 Å². The minimum Gasteiger partial charge on any atom is -0.468 e. The van der Waals surface area contributed by atoms with Crippen LogP contribution in [0.15, 0.2) is 22.8 Å². The molecule has 2 unspecified atom stereocenters. The Morgan fingerprint density at radius 1 is 1.62 bits per heavy atom. The molecule has 2 rings (SSSR count). The molecule has 2 N–H and O–H groups in total. The monoisotopic (exact) mass is 222 g/mol. The van der Waals surface area contributed by atoms with E-state index < -0.39 is 0 Å². The first-order chi connectivity index (χ1) is 7.75. The number of amides is 1. The van der Waals surface area contributed by atoms with Crippen LogP contribution in [0.2, 0.25) is 0 Å². The minimum absolute atomic E-state index is 0.140. The van der Waals surface area contributed by atoms with Crippen LogP contribution >= 0.6 is 0 Å². The number of carbonyl (C=O) groups is 1. The van der Waals surface area contributed by atoms with E-state index in [9.17, 15) is 4.79 Å². The first-order valence-electron chi connectivity index (χ1n) is 5.82. The third-order valence-corrected chi connectivity index (χ3v) is 2.94. The molecule has 88 valence electrons. The SMILES string of the molecule is CC(NC1CCCNC(=O)C1)c1ccco1. The molecule has 0 spiro atoms. The molecule has 2 atom stereocenters. The summed E-state index contributed by atoms with van der Waals surface area (Å²) in [6.07, 6.45) is 4.30. The van der Waals surface area contributed by atoms with Gasteiger partial charge in [-0.1, -0.05) is 0 Å². The molecule has 16 heavy (non-hydrogen) atoms. The number of hydrogen-bond acceptors (Lipinski definition) is 3. The fraction of sp³-hybridized carbons (Fsp3) is 0.583. The average molecular weight is 222 g/mol. The van der Waals surface area contributed by atoms with Crippen molar-refractivity contribution in [2.45, 2.75) is 38.3 Å². The van der Waals surface area contributed by atoms with Crippen molar-refractivity contribution >= 4 is 5.91 Å². The first kappa shape index (κ1) is 11.2. The fourth-order valence-corrected chi connectivity index (χ4v) is 2.09. The van der Waals surface area contributed by atoms with Crippen molar-refractivity contribution in [2.75, 3.05) is 6.54 Å². The fourth-order valence-electron chi connectivity index (χ4n) is 2.09. The van der Waals surface area contributed by atoms with E-state index in [4.69, 9.17) is 4.42 Å². The Balaban J connectivity index is 1.90. The van der Waals surface area contributed by atoms with Crippen LogP contribution in [0, 0.1) is 0 Å². The number of hydrogen-bond donors (Lipinski definition) is 2. The van der Waals surface area contributed by atoms with E-state index >= 15 is 0 Å². The molecule has 1 saturated heterocycles. The van der Waals surface area contributed by atoms with E-state index in [1.54, 1.807) is 6.26 Å². The molecule has 1 aliphatic heterocycles. The third kappa shape index (κ3) is 2.85. The van der Waals surface area contributed by atoms with Crippen molar-refractivity contribution < 1.29 is 9.21 Å². The molecule has 0 bridgehead atoms. The summed E-state index contributed by atoms with van der Waals surface area (Å²) in [7, 11) is 0. The summed E-state index contributed by atoms with van der Waals surface area (Å²) in [6, 6.07) is 4.25. The van der Waals surface area contributed by atoms with Gasteiger partial charge in [-0.25, -0.2) is 0 Å². The van der Waals surface area contributed by atoms with Crippen LogP contribution in [0.25, 0.3) is 0 Å². The second-order valence-electron chi connectivity index (χ2n) is 4.30. The maximum atomic E-state index is 11.4. The van der Waals surface area contributed by atoms with Gasteiger partial charge in [-0.3, -0.25) is 4.79 Å². The summed E-state index contributed by atoms with van der Waals surface area (Å²) in [5.74, 6) is 1.06. The highest BCUT2D eigenvalue weighted by Crippen LogP contribution is 2.16. The number of rotatable bonds is 3. The number of carbonyl (C=O) groups excluding carboxylic acids is 1. The Bertz CT molecular complexity index is 335. The van der Waals surface area contributed by atoms with Gasteiger partial charge in [0, 0.05) is 19.0 Å². The lowest BCUT2D eigenvalue weighted by atomic mass is 10.1. The molecule has 1 fully saturated rings. The van der Waals surface area contributed by atoms with Crippen molar-refractivity contribution in [3.8, 4) is 0 Å². The van der Waals surface area contributed by atoms with Crippen molar-refractivity contribution in [3.63, 3.8) is 0 Å². The predicted molar refractivity (Wildman–Crippen MR) is 60.9 cm³/mol. The molecule has 0 radical (unpaired) electrons. The van der Waals surface area contributed by atoms with Crippen LogP contribution in [0.1, 0.15) is 38.0 Å². The van der Waals surface area contributed by atoms with E-state index in [0.717, 1.165) is 25.1 Å². The molecule has 0 saturated carbocycles. The summed E-state index contributed by atoms with van der Waals surface area (Å²) in [5.41, 5.74) is 0. The molecule has 1 amide bonds. The Kier molecular flexibility index (Phi) is 3.62. The highest BCUT2D eigenvalue weighted by molar-refractivity contribution is 5.76. The zero-order valence-corrected chi connectivity index (χ0v) is 9.53. The summed E-state index contributed by atoms with van der Waals surface area (Å²) in [5, 5.41) is 6.32. The van der Waals surface area contributed by atoms with Crippen LogP contribution in [0.4, 0.5) is 0 Å². The van der Waals surface area contributed by atoms with Gasteiger partial charge in [0.2, 0.25) is 5.91 Å². The topological polar surface area (TPSA) is 54.3 Å².